The Hall–Kier alpha value is -7.49. The van der Waals surface area contributed by atoms with E-state index in [1.54, 1.807) is 6.20 Å². The Kier molecular flexibility index (Phi) is 8.16. The third-order valence-electron chi connectivity index (χ3n) is 12.2. The van der Waals surface area contributed by atoms with E-state index < -0.39 is 0 Å². The van der Waals surface area contributed by atoms with Crippen LogP contribution in [0.2, 0.25) is 0 Å². The van der Waals surface area contributed by atoms with Gasteiger partial charge in [-0.05, 0) is 108 Å². The zero-order valence-corrected chi connectivity index (χ0v) is 32.9. The Labute approximate surface area is 344 Å². The van der Waals surface area contributed by atoms with E-state index in [1.807, 2.05) is 18.3 Å². The summed E-state index contributed by atoms with van der Waals surface area (Å²) in [5.41, 5.74) is 17.1. The Morgan fingerprint density at radius 1 is 0.373 bits per heavy atom. The fraction of sp³-hybridized carbons (Fsp3) is 0.0536. The first-order chi connectivity index (χ1) is 29.0. The lowest BCUT2D eigenvalue weighted by Crippen LogP contribution is -2.15. The summed E-state index contributed by atoms with van der Waals surface area (Å²) in [5.74, 6) is 0.693. The van der Waals surface area contributed by atoms with Crippen molar-refractivity contribution in [1.29, 1.82) is 0 Å². The number of rotatable bonds is 6. The molecule has 0 atom stereocenters. The summed E-state index contributed by atoms with van der Waals surface area (Å²) in [6.45, 7) is 4.73. The minimum Gasteiger partial charge on any atom is -0.264 e. The van der Waals surface area contributed by atoms with Gasteiger partial charge in [0.25, 0.3) is 0 Å². The second kappa shape index (κ2) is 13.9. The molecule has 0 fully saturated rings. The van der Waals surface area contributed by atoms with E-state index in [4.69, 9.17) is 9.97 Å². The first-order valence-electron chi connectivity index (χ1n) is 20.2. The van der Waals surface area contributed by atoms with Crippen molar-refractivity contribution in [3.8, 4) is 78.4 Å². The normalized spacial score (nSPS) is 12.7. The van der Waals surface area contributed by atoms with Crippen LogP contribution in [0.3, 0.4) is 0 Å². The lowest BCUT2D eigenvalue weighted by atomic mass is 9.80. The van der Waals surface area contributed by atoms with Crippen LogP contribution in [0.5, 0.6) is 0 Å². The first kappa shape index (κ1) is 34.7. The van der Waals surface area contributed by atoms with Gasteiger partial charge in [-0.2, -0.15) is 0 Å². The van der Waals surface area contributed by atoms with Gasteiger partial charge >= 0.3 is 0 Å². The molecule has 0 radical (unpaired) electrons. The summed E-state index contributed by atoms with van der Waals surface area (Å²) >= 11 is 0. The zero-order valence-electron chi connectivity index (χ0n) is 32.9. The Balaban J connectivity index is 1.01. The molecule has 0 unspecified atom stereocenters. The minimum absolute atomic E-state index is 0.0818. The molecule has 1 aliphatic carbocycles. The van der Waals surface area contributed by atoms with Gasteiger partial charge < -0.3 is 0 Å². The third-order valence-corrected chi connectivity index (χ3v) is 12.2. The number of hydrogen-bond donors (Lipinski definition) is 0. The molecule has 3 nitrogen and oxygen atoms in total. The Morgan fingerprint density at radius 3 is 1.76 bits per heavy atom. The van der Waals surface area contributed by atoms with E-state index in [0.717, 1.165) is 50.0 Å². The van der Waals surface area contributed by atoms with Crippen LogP contribution in [0.25, 0.3) is 100.0 Å². The van der Waals surface area contributed by atoms with Crippen molar-refractivity contribution < 1.29 is 0 Å². The van der Waals surface area contributed by atoms with Gasteiger partial charge in [-0.1, -0.05) is 166 Å². The average Bonchev–Trinajstić information content (AvgIpc) is 3.54. The van der Waals surface area contributed by atoms with Gasteiger partial charge in [0, 0.05) is 40.1 Å². The molecular formula is C56H39N3. The standard InChI is InChI=1S/C56H39N3/c1-56(2)51-29-25-40(33-50(51)48-26-24-36-13-6-7-21-45(36)54(48)56)38-16-10-18-41(31-38)44-27-28-49(47-23-9-8-22-46(44)47)55-58-52(37-14-4-3-5-15-37)34-53(59-55)42-19-11-17-39(32-42)43-20-12-30-57-35-43/h3-35H,1-2H3. The van der Waals surface area contributed by atoms with Crippen LogP contribution in [-0.2, 0) is 5.41 Å². The predicted octanol–water partition coefficient (Wildman–Crippen LogP) is 14.5. The molecule has 0 saturated carbocycles. The molecule has 59 heavy (non-hydrogen) atoms. The summed E-state index contributed by atoms with van der Waals surface area (Å²) < 4.78 is 0. The van der Waals surface area contributed by atoms with Gasteiger partial charge in [0.05, 0.1) is 11.4 Å². The topological polar surface area (TPSA) is 38.7 Å². The summed E-state index contributed by atoms with van der Waals surface area (Å²) in [7, 11) is 0. The van der Waals surface area contributed by atoms with Gasteiger partial charge in [-0.25, -0.2) is 9.97 Å². The van der Waals surface area contributed by atoms with Gasteiger partial charge in [-0.3, -0.25) is 4.98 Å². The fourth-order valence-corrected chi connectivity index (χ4v) is 9.27. The van der Waals surface area contributed by atoms with E-state index in [0.29, 0.717) is 5.82 Å². The van der Waals surface area contributed by atoms with Crippen molar-refractivity contribution in [3.05, 3.63) is 212 Å². The largest absolute Gasteiger partial charge is 0.264 e. The molecule has 0 N–H and O–H groups in total. The summed E-state index contributed by atoms with van der Waals surface area (Å²) in [6.07, 6.45) is 3.70. The first-order valence-corrected chi connectivity index (χ1v) is 20.2. The van der Waals surface area contributed by atoms with Crippen molar-refractivity contribution >= 4 is 21.5 Å². The van der Waals surface area contributed by atoms with E-state index in [2.05, 4.69) is 195 Å². The molecule has 0 saturated heterocycles. The molecule has 0 bridgehead atoms. The monoisotopic (exact) mass is 753 g/mol. The van der Waals surface area contributed by atoms with Gasteiger partial charge in [0.1, 0.15) is 0 Å². The van der Waals surface area contributed by atoms with Crippen LogP contribution in [0.1, 0.15) is 25.0 Å². The summed E-state index contributed by atoms with van der Waals surface area (Å²) in [6, 6.07) is 67.5. The molecule has 3 heteroatoms. The molecular weight excluding hydrogens is 715 g/mol. The van der Waals surface area contributed by atoms with E-state index in [9.17, 15) is 0 Å². The third kappa shape index (κ3) is 5.94. The molecule has 278 valence electrons. The van der Waals surface area contributed by atoms with Gasteiger partial charge in [0.15, 0.2) is 5.82 Å². The lowest BCUT2D eigenvalue weighted by molar-refractivity contribution is 0.666. The molecule has 0 spiro atoms. The van der Waals surface area contributed by atoms with Crippen LogP contribution in [0.15, 0.2) is 200 Å². The molecule has 2 heterocycles. The van der Waals surface area contributed by atoms with Crippen molar-refractivity contribution in [3.63, 3.8) is 0 Å². The summed E-state index contributed by atoms with van der Waals surface area (Å²) in [4.78, 5) is 14.9. The van der Waals surface area contributed by atoms with E-state index >= 15 is 0 Å². The number of fused-ring (bicyclic) bond motifs is 6. The van der Waals surface area contributed by atoms with Gasteiger partial charge in [-0.15, -0.1) is 0 Å². The molecule has 0 aliphatic heterocycles. The van der Waals surface area contributed by atoms with Crippen LogP contribution < -0.4 is 0 Å². The maximum Gasteiger partial charge on any atom is 0.161 e. The van der Waals surface area contributed by atoms with Gasteiger partial charge in [0.2, 0.25) is 0 Å². The Bertz CT molecular complexity index is 3240. The molecule has 0 amide bonds. The molecule has 2 aromatic heterocycles. The number of benzene rings is 8. The zero-order chi connectivity index (χ0) is 39.5. The second-order valence-corrected chi connectivity index (χ2v) is 16.0. The van der Waals surface area contributed by atoms with Crippen LogP contribution in [-0.4, -0.2) is 15.0 Å². The van der Waals surface area contributed by atoms with Crippen molar-refractivity contribution in [2.24, 2.45) is 0 Å². The van der Waals surface area contributed by atoms with Crippen LogP contribution in [0.4, 0.5) is 0 Å². The molecule has 1 aliphatic rings. The summed E-state index contributed by atoms with van der Waals surface area (Å²) in [5, 5.41) is 4.90. The maximum atomic E-state index is 5.29. The van der Waals surface area contributed by atoms with Crippen LogP contribution in [0, 0.1) is 0 Å². The molecule has 8 aromatic carbocycles. The highest BCUT2D eigenvalue weighted by atomic mass is 14.9. The van der Waals surface area contributed by atoms with Crippen LogP contribution >= 0.6 is 0 Å². The molecule has 10 aromatic rings. The highest BCUT2D eigenvalue weighted by Crippen LogP contribution is 2.52. The highest BCUT2D eigenvalue weighted by molar-refractivity contribution is 6.05. The lowest BCUT2D eigenvalue weighted by Gasteiger charge is -2.23. The van der Waals surface area contributed by atoms with Crippen molar-refractivity contribution in [2.45, 2.75) is 19.3 Å². The van der Waals surface area contributed by atoms with Crippen molar-refractivity contribution in [2.75, 3.05) is 0 Å². The number of nitrogens with zero attached hydrogens (tertiary/aromatic N) is 3. The van der Waals surface area contributed by atoms with E-state index in [1.165, 1.54) is 55.3 Å². The number of hydrogen-bond acceptors (Lipinski definition) is 3. The minimum atomic E-state index is -0.0818. The van der Waals surface area contributed by atoms with E-state index in [-0.39, 0.29) is 5.41 Å². The smallest absolute Gasteiger partial charge is 0.161 e. The number of aromatic nitrogens is 3. The average molecular weight is 754 g/mol. The quantitative estimate of drug-likeness (QED) is 0.170. The maximum absolute atomic E-state index is 5.29. The molecule has 11 rings (SSSR count). The highest BCUT2D eigenvalue weighted by Gasteiger charge is 2.37. The SMILES string of the molecule is CC1(C)c2ccc(-c3cccc(-c4ccc(-c5nc(-c6ccccc6)cc(-c6cccc(-c7cccnc7)c6)n5)c5ccccc45)c3)cc2-c2ccc3ccccc3c21. The fourth-order valence-electron chi connectivity index (χ4n) is 9.27. The predicted molar refractivity (Wildman–Crippen MR) is 245 cm³/mol. The Morgan fingerprint density at radius 2 is 0.966 bits per heavy atom. The second-order valence-electron chi connectivity index (χ2n) is 16.0. The number of pyridine rings is 1. The van der Waals surface area contributed by atoms with Crippen molar-refractivity contribution in [1.82, 2.24) is 15.0 Å².